The van der Waals surface area contributed by atoms with Crippen LogP contribution in [0, 0.1) is 6.92 Å². The Kier molecular flexibility index (Phi) is 3.32. The summed E-state index contributed by atoms with van der Waals surface area (Å²) in [5, 5.41) is 9.08. The maximum atomic E-state index is 4.44. The SMILES string of the molecule is CNC(c1cscc1C)c1cccc2ncccc12. The molecule has 1 aromatic carbocycles. The van der Waals surface area contributed by atoms with Gasteiger partial charge in [-0.15, -0.1) is 0 Å². The van der Waals surface area contributed by atoms with E-state index in [0.717, 1.165) is 5.52 Å². The third-order valence-corrected chi connectivity index (χ3v) is 4.36. The Hall–Kier alpha value is -1.71. The molecule has 19 heavy (non-hydrogen) atoms. The maximum absolute atomic E-state index is 4.44. The lowest BCUT2D eigenvalue weighted by molar-refractivity contribution is 0.695. The molecule has 2 nitrogen and oxygen atoms in total. The van der Waals surface area contributed by atoms with Gasteiger partial charge in [0.15, 0.2) is 0 Å². The number of thiophene rings is 1. The van der Waals surface area contributed by atoms with E-state index >= 15 is 0 Å². The van der Waals surface area contributed by atoms with Crippen molar-refractivity contribution in [3.05, 3.63) is 64.0 Å². The fraction of sp³-hybridized carbons (Fsp3) is 0.188. The van der Waals surface area contributed by atoms with Crippen molar-refractivity contribution in [2.75, 3.05) is 7.05 Å². The van der Waals surface area contributed by atoms with Crippen LogP contribution in [0.3, 0.4) is 0 Å². The Labute approximate surface area is 117 Å². The number of aromatic nitrogens is 1. The molecule has 0 aliphatic heterocycles. The number of hydrogen-bond acceptors (Lipinski definition) is 3. The smallest absolute Gasteiger partial charge is 0.0705 e. The third-order valence-electron chi connectivity index (χ3n) is 3.49. The van der Waals surface area contributed by atoms with E-state index in [1.54, 1.807) is 11.3 Å². The van der Waals surface area contributed by atoms with Crippen LogP contribution in [0.4, 0.5) is 0 Å². The van der Waals surface area contributed by atoms with E-state index in [4.69, 9.17) is 0 Å². The van der Waals surface area contributed by atoms with Crippen LogP contribution in [0.25, 0.3) is 10.9 Å². The predicted molar refractivity (Wildman–Crippen MR) is 81.7 cm³/mol. The van der Waals surface area contributed by atoms with Crippen LogP contribution in [0.5, 0.6) is 0 Å². The van der Waals surface area contributed by atoms with Gasteiger partial charge in [0.1, 0.15) is 0 Å². The molecule has 2 heterocycles. The lowest BCUT2D eigenvalue weighted by Gasteiger charge is -2.18. The first-order chi connectivity index (χ1) is 9.31. The van der Waals surface area contributed by atoms with Crippen LogP contribution < -0.4 is 5.32 Å². The molecule has 3 rings (SSSR count). The van der Waals surface area contributed by atoms with Crippen molar-refractivity contribution >= 4 is 22.2 Å². The van der Waals surface area contributed by atoms with E-state index in [-0.39, 0.29) is 6.04 Å². The van der Waals surface area contributed by atoms with Crippen molar-refractivity contribution in [2.24, 2.45) is 0 Å². The molecule has 0 saturated carbocycles. The first-order valence-corrected chi connectivity index (χ1v) is 7.29. The zero-order valence-electron chi connectivity index (χ0n) is 11.1. The summed E-state index contributed by atoms with van der Waals surface area (Å²) in [6.45, 7) is 2.17. The summed E-state index contributed by atoms with van der Waals surface area (Å²) in [5.41, 5.74) is 5.02. The second kappa shape index (κ2) is 5.11. The molecule has 1 atom stereocenters. The van der Waals surface area contributed by atoms with Crippen molar-refractivity contribution < 1.29 is 0 Å². The number of pyridine rings is 1. The minimum atomic E-state index is 0.221. The summed E-state index contributed by atoms with van der Waals surface area (Å²) in [7, 11) is 2.01. The van der Waals surface area contributed by atoms with Crippen molar-refractivity contribution in [1.29, 1.82) is 0 Å². The van der Waals surface area contributed by atoms with Gasteiger partial charge in [0, 0.05) is 11.6 Å². The Morgan fingerprint density at radius 3 is 2.74 bits per heavy atom. The molecule has 0 bridgehead atoms. The molecule has 0 aliphatic rings. The van der Waals surface area contributed by atoms with Gasteiger partial charge in [-0.25, -0.2) is 0 Å². The van der Waals surface area contributed by atoms with Crippen molar-refractivity contribution in [1.82, 2.24) is 10.3 Å². The molecule has 0 spiro atoms. The Bertz CT molecular complexity index is 697. The van der Waals surface area contributed by atoms with Gasteiger partial charge in [-0.2, -0.15) is 11.3 Å². The molecular formula is C16H16N2S. The molecule has 3 heteroatoms. The van der Waals surface area contributed by atoms with Crippen LogP contribution in [-0.4, -0.2) is 12.0 Å². The van der Waals surface area contributed by atoms with Crippen LogP contribution in [0.15, 0.2) is 47.3 Å². The van der Waals surface area contributed by atoms with Gasteiger partial charge in [0.05, 0.1) is 11.6 Å². The summed E-state index contributed by atoms with van der Waals surface area (Å²) in [5.74, 6) is 0. The number of nitrogens with one attached hydrogen (secondary N) is 1. The standard InChI is InChI=1S/C16H16N2S/c1-11-9-19-10-14(11)16(17-2)13-5-3-7-15-12(13)6-4-8-18-15/h3-10,16-17H,1-2H3. The number of hydrogen-bond donors (Lipinski definition) is 1. The molecule has 0 saturated heterocycles. The van der Waals surface area contributed by atoms with Crippen molar-refractivity contribution in [2.45, 2.75) is 13.0 Å². The highest BCUT2D eigenvalue weighted by molar-refractivity contribution is 7.08. The number of benzene rings is 1. The second-order valence-corrected chi connectivity index (χ2v) is 5.39. The number of nitrogens with zero attached hydrogens (tertiary/aromatic N) is 1. The third kappa shape index (κ3) is 2.15. The van der Waals surface area contributed by atoms with E-state index in [0.29, 0.717) is 0 Å². The van der Waals surface area contributed by atoms with Crippen LogP contribution in [-0.2, 0) is 0 Å². The number of rotatable bonds is 3. The van der Waals surface area contributed by atoms with E-state index < -0.39 is 0 Å². The highest BCUT2D eigenvalue weighted by Gasteiger charge is 2.17. The zero-order chi connectivity index (χ0) is 13.2. The van der Waals surface area contributed by atoms with E-state index in [9.17, 15) is 0 Å². The molecule has 0 radical (unpaired) electrons. The molecule has 0 amide bonds. The van der Waals surface area contributed by atoms with E-state index in [1.165, 1.54) is 22.1 Å². The minimum absolute atomic E-state index is 0.221. The molecule has 1 unspecified atom stereocenters. The Balaban J connectivity index is 2.20. The van der Waals surface area contributed by atoms with Gasteiger partial charge in [-0.1, -0.05) is 18.2 Å². The Morgan fingerprint density at radius 2 is 2.00 bits per heavy atom. The maximum Gasteiger partial charge on any atom is 0.0705 e. The molecular weight excluding hydrogens is 252 g/mol. The summed E-state index contributed by atoms with van der Waals surface area (Å²) < 4.78 is 0. The average Bonchev–Trinajstić information content (AvgIpc) is 2.86. The quantitative estimate of drug-likeness (QED) is 0.779. The molecule has 2 aromatic heterocycles. The lowest BCUT2D eigenvalue weighted by Crippen LogP contribution is -2.18. The normalized spacial score (nSPS) is 12.7. The zero-order valence-corrected chi connectivity index (χ0v) is 11.9. The lowest BCUT2D eigenvalue weighted by atomic mass is 9.95. The molecule has 0 aliphatic carbocycles. The highest BCUT2D eigenvalue weighted by Crippen LogP contribution is 2.31. The van der Waals surface area contributed by atoms with Gasteiger partial charge in [0.25, 0.3) is 0 Å². The highest BCUT2D eigenvalue weighted by atomic mass is 32.1. The average molecular weight is 268 g/mol. The van der Waals surface area contributed by atoms with Gasteiger partial charge in [0.2, 0.25) is 0 Å². The van der Waals surface area contributed by atoms with Gasteiger partial charge in [-0.05, 0) is 53.6 Å². The van der Waals surface area contributed by atoms with E-state index in [1.807, 2.05) is 19.3 Å². The van der Waals surface area contributed by atoms with Gasteiger partial charge >= 0.3 is 0 Å². The van der Waals surface area contributed by atoms with Crippen molar-refractivity contribution in [3.8, 4) is 0 Å². The minimum Gasteiger partial charge on any atom is -0.309 e. The van der Waals surface area contributed by atoms with Crippen LogP contribution in [0.2, 0.25) is 0 Å². The fourth-order valence-corrected chi connectivity index (χ4v) is 3.40. The topological polar surface area (TPSA) is 24.9 Å². The van der Waals surface area contributed by atoms with Crippen molar-refractivity contribution in [3.63, 3.8) is 0 Å². The summed E-state index contributed by atoms with van der Waals surface area (Å²) >= 11 is 1.75. The summed E-state index contributed by atoms with van der Waals surface area (Å²) in [6, 6.07) is 10.7. The summed E-state index contributed by atoms with van der Waals surface area (Å²) in [6.07, 6.45) is 1.84. The largest absolute Gasteiger partial charge is 0.309 e. The first kappa shape index (κ1) is 12.3. The molecule has 1 N–H and O–H groups in total. The first-order valence-electron chi connectivity index (χ1n) is 6.35. The number of fused-ring (bicyclic) bond motifs is 1. The van der Waals surface area contributed by atoms with E-state index in [2.05, 4.69) is 52.3 Å². The van der Waals surface area contributed by atoms with Gasteiger partial charge < -0.3 is 5.32 Å². The number of aryl methyl sites for hydroxylation is 1. The Morgan fingerprint density at radius 1 is 1.11 bits per heavy atom. The monoisotopic (exact) mass is 268 g/mol. The fourth-order valence-electron chi connectivity index (χ4n) is 2.52. The predicted octanol–water partition coefficient (Wildman–Crippen LogP) is 3.91. The molecule has 96 valence electrons. The molecule has 3 aromatic rings. The second-order valence-electron chi connectivity index (χ2n) is 4.65. The molecule has 0 fully saturated rings. The summed E-state index contributed by atoms with van der Waals surface area (Å²) in [4.78, 5) is 4.44. The van der Waals surface area contributed by atoms with Gasteiger partial charge in [-0.3, -0.25) is 4.98 Å². The van der Waals surface area contributed by atoms with Crippen LogP contribution >= 0.6 is 11.3 Å². The van der Waals surface area contributed by atoms with Crippen LogP contribution in [0.1, 0.15) is 22.7 Å².